The van der Waals surface area contributed by atoms with Gasteiger partial charge in [-0.25, -0.2) is 9.59 Å². The number of aryl methyl sites for hydroxylation is 2. The van der Waals surface area contributed by atoms with Crippen molar-refractivity contribution in [1.29, 1.82) is 0 Å². The van der Waals surface area contributed by atoms with Gasteiger partial charge in [0.05, 0.1) is 12.7 Å². The molecule has 8 nitrogen and oxygen atoms in total. The van der Waals surface area contributed by atoms with Crippen LogP contribution in [-0.2, 0) is 36.7 Å². The number of hydrogen-bond donors (Lipinski definition) is 2. The lowest BCUT2D eigenvalue weighted by atomic mass is 10.0. The van der Waals surface area contributed by atoms with Gasteiger partial charge in [0.2, 0.25) is 0 Å². The highest BCUT2D eigenvalue weighted by Gasteiger charge is 2.19. The van der Waals surface area contributed by atoms with Gasteiger partial charge < -0.3 is 24.8 Å². The molecule has 1 aliphatic heterocycles. The Kier molecular flexibility index (Phi) is 12.4. The quantitative estimate of drug-likeness (QED) is 0.165. The van der Waals surface area contributed by atoms with Crippen LogP contribution in [0.4, 0.5) is 11.4 Å². The number of carbonyl (C=O) groups excluding carboxylic acids is 2. The van der Waals surface area contributed by atoms with Crippen LogP contribution in [0, 0.1) is 0 Å². The molecule has 35 heavy (non-hydrogen) atoms. The van der Waals surface area contributed by atoms with Gasteiger partial charge in [-0.3, -0.25) is 4.79 Å². The fraction of sp³-hybridized carbons (Fsp3) is 0.296. The topological polar surface area (TPSA) is 105 Å². The zero-order valence-corrected chi connectivity index (χ0v) is 19.9. The fourth-order valence-corrected chi connectivity index (χ4v) is 3.63. The normalized spacial score (nSPS) is 12.2. The molecule has 186 valence electrons. The third-order valence-electron chi connectivity index (χ3n) is 5.11. The van der Waals surface area contributed by atoms with Crippen molar-refractivity contribution in [2.24, 2.45) is 0 Å². The lowest BCUT2D eigenvalue weighted by Gasteiger charge is -2.27. The van der Waals surface area contributed by atoms with Gasteiger partial charge in [-0.05, 0) is 56.0 Å². The molecule has 0 saturated carbocycles. The molecule has 8 heteroatoms. The molecule has 2 aromatic rings. The first kappa shape index (κ1) is 27.3. The molecule has 3 rings (SSSR count). The van der Waals surface area contributed by atoms with Crippen molar-refractivity contribution < 1.29 is 29.0 Å². The van der Waals surface area contributed by atoms with E-state index in [2.05, 4.69) is 63.5 Å². The number of carboxylic acid groups (broad SMARTS) is 1. The Morgan fingerprint density at radius 2 is 1.66 bits per heavy atom. The fourth-order valence-electron chi connectivity index (χ4n) is 3.63. The van der Waals surface area contributed by atoms with Gasteiger partial charge in [0.1, 0.15) is 6.26 Å². The van der Waals surface area contributed by atoms with E-state index in [1.165, 1.54) is 28.6 Å². The average molecular weight is 481 g/mol. The monoisotopic (exact) mass is 480 g/mol. The van der Waals surface area contributed by atoms with Crippen LogP contribution in [0.2, 0.25) is 0 Å². The number of para-hydroxylation sites is 2. The average Bonchev–Trinajstić information content (AvgIpc) is 3.01. The predicted octanol–water partition coefficient (Wildman–Crippen LogP) is 3.78. The van der Waals surface area contributed by atoms with Crippen molar-refractivity contribution in [1.82, 2.24) is 5.32 Å². The molecule has 0 bridgehead atoms. The second-order valence-electron chi connectivity index (χ2n) is 7.49. The van der Waals surface area contributed by atoms with E-state index in [4.69, 9.17) is 9.84 Å². The summed E-state index contributed by atoms with van der Waals surface area (Å²) in [7, 11) is 0. The molecular formula is C27H32N2O6. The highest BCUT2D eigenvalue weighted by atomic mass is 16.5. The number of nitrogens with one attached hydrogen (secondary N) is 1. The van der Waals surface area contributed by atoms with Crippen LogP contribution in [0.15, 0.2) is 73.0 Å². The lowest BCUT2D eigenvalue weighted by molar-refractivity contribution is -0.137. The van der Waals surface area contributed by atoms with Crippen molar-refractivity contribution in [3.63, 3.8) is 0 Å². The first-order valence-electron chi connectivity index (χ1n) is 11.5. The molecule has 0 aromatic heterocycles. The number of carboxylic acids is 1. The first-order chi connectivity index (χ1) is 17.1. The molecule has 0 saturated heterocycles. The van der Waals surface area contributed by atoms with Crippen LogP contribution in [0.25, 0.3) is 0 Å². The van der Waals surface area contributed by atoms with Crippen LogP contribution < -0.4 is 10.2 Å². The van der Waals surface area contributed by atoms with Gasteiger partial charge in [-0.15, -0.1) is 0 Å². The maximum atomic E-state index is 11.3. The number of rotatable bonds is 11. The molecule has 1 heterocycles. The minimum atomic E-state index is -1.15. The van der Waals surface area contributed by atoms with Crippen LogP contribution in [-0.4, -0.2) is 49.8 Å². The van der Waals surface area contributed by atoms with Gasteiger partial charge in [0, 0.05) is 30.5 Å². The summed E-state index contributed by atoms with van der Waals surface area (Å²) < 4.78 is 8.77. The number of nitrogens with zero attached hydrogens (tertiary/aromatic N) is 1. The SMILES string of the molecule is CCOC(=O)/C=C/CNCCCN1c2ccccc2CCc2ccccc21.O=CO/C=C/C(=O)O. The van der Waals surface area contributed by atoms with Crippen molar-refractivity contribution in [3.05, 3.63) is 84.1 Å². The lowest BCUT2D eigenvalue weighted by Crippen LogP contribution is -2.24. The molecule has 1 aliphatic rings. The van der Waals surface area contributed by atoms with E-state index < -0.39 is 5.97 Å². The summed E-state index contributed by atoms with van der Waals surface area (Å²) in [6.07, 6.45) is 7.99. The Morgan fingerprint density at radius 1 is 1.03 bits per heavy atom. The number of anilines is 2. The molecule has 2 aromatic carbocycles. The zero-order valence-electron chi connectivity index (χ0n) is 19.9. The Balaban J connectivity index is 0.000000466. The first-order valence-corrected chi connectivity index (χ1v) is 11.5. The van der Waals surface area contributed by atoms with E-state index in [1.54, 1.807) is 0 Å². The van der Waals surface area contributed by atoms with E-state index in [9.17, 15) is 14.4 Å². The van der Waals surface area contributed by atoms with Crippen LogP contribution in [0.5, 0.6) is 0 Å². The summed E-state index contributed by atoms with van der Waals surface area (Å²) in [5, 5.41) is 11.2. The second-order valence-corrected chi connectivity index (χ2v) is 7.49. The Morgan fingerprint density at radius 3 is 2.23 bits per heavy atom. The van der Waals surface area contributed by atoms with E-state index in [0.29, 0.717) is 19.2 Å². The molecule has 0 aliphatic carbocycles. The van der Waals surface area contributed by atoms with E-state index in [-0.39, 0.29) is 12.4 Å². The van der Waals surface area contributed by atoms with Gasteiger partial charge in [0.25, 0.3) is 6.47 Å². The molecular weight excluding hydrogens is 448 g/mol. The summed E-state index contributed by atoms with van der Waals surface area (Å²) >= 11 is 0. The summed E-state index contributed by atoms with van der Waals surface area (Å²) in [6, 6.07) is 17.4. The van der Waals surface area contributed by atoms with E-state index in [1.807, 2.05) is 13.0 Å². The summed E-state index contributed by atoms with van der Waals surface area (Å²) in [5.74, 6) is -1.43. The summed E-state index contributed by atoms with van der Waals surface area (Å²) in [6.45, 7) is 4.89. The van der Waals surface area contributed by atoms with Gasteiger partial charge in [-0.2, -0.15) is 0 Å². The number of ether oxygens (including phenoxy) is 2. The van der Waals surface area contributed by atoms with Crippen LogP contribution >= 0.6 is 0 Å². The third-order valence-corrected chi connectivity index (χ3v) is 5.11. The predicted molar refractivity (Wildman–Crippen MR) is 134 cm³/mol. The highest BCUT2D eigenvalue weighted by molar-refractivity contribution is 5.81. The molecule has 0 radical (unpaired) electrons. The minimum Gasteiger partial charge on any atom is -0.478 e. The minimum absolute atomic E-state index is 0.138. The standard InChI is InChI=1S/C23H28N2O2.C4H4O4/c1-2-27-23(26)13-7-16-24-17-8-18-25-21-11-5-3-9-19(21)14-15-20-10-4-6-12-22(20)25;5-3-8-2-1-4(6)7/h3-7,9-13,24H,2,8,14-18H2,1H3;1-3H,(H,6,7)/b13-7+;2-1+. The molecule has 2 N–H and O–H groups in total. The summed E-state index contributed by atoms with van der Waals surface area (Å²) in [5.41, 5.74) is 5.48. The molecule has 0 amide bonds. The maximum absolute atomic E-state index is 11.3. The van der Waals surface area contributed by atoms with Crippen LogP contribution in [0.1, 0.15) is 24.5 Å². The van der Waals surface area contributed by atoms with E-state index in [0.717, 1.165) is 38.6 Å². The Hall–Kier alpha value is -3.91. The largest absolute Gasteiger partial charge is 0.478 e. The number of aliphatic carboxylic acids is 1. The van der Waals surface area contributed by atoms with Crippen LogP contribution in [0.3, 0.4) is 0 Å². The van der Waals surface area contributed by atoms with Gasteiger partial charge >= 0.3 is 11.9 Å². The second kappa shape index (κ2) is 15.8. The number of carbonyl (C=O) groups is 3. The van der Waals surface area contributed by atoms with Crippen molar-refractivity contribution >= 4 is 29.8 Å². The summed E-state index contributed by atoms with van der Waals surface area (Å²) in [4.78, 5) is 32.6. The number of esters is 1. The number of hydrogen-bond acceptors (Lipinski definition) is 7. The zero-order chi connectivity index (χ0) is 25.3. The maximum Gasteiger partial charge on any atom is 0.331 e. The van der Waals surface area contributed by atoms with Gasteiger partial charge in [0.15, 0.2) is 0 Å². The number of fused-ring (bicyclic) bond motifs is 2. The Labute approximate surface area is 205 Å². The van der Waals surface area contributed by atoms with Crippen molar-refractivity contribution in [2.75, 3.05) is 31.1 Å². The molecule has 0 unspecified atom stereocenters. The van der Waals surface area contributed by atoms with E-state index >= 15 is 0 Å². The van der Waals surface area contributed by atoms with Crippen molar-refractivity contribution in [3.8, 4) is 0 Å². The molecule has 0 fully saturated rings. The molecule has 0 spiro atoms. The smallest absolute Gasteiger partial charge is 0.331 e. The number of benzene rings is 2. The van der Waals surface area contributed by atoms with Crippen molar-refractivity contribution in [2.45, 2.75) is 26.2 Å². The third kappa shape index (κ3) is 9.85. The Bertz CT molecular complexity index is 971. The molecule has 0 atom stereocenters. The highest BCUT2D eigenvalue weighted by Crippen LogP contribution is 2.35. The van der Waals surface area contributed by atoms with Gasteiger partial charge in [-0.1, -0.05) is 42.5 Å².